The van der Waals surface area contributed by atoms with Crippen LogP contribution in [0.4, 0.5) is 5.69 Å². The molecule has 7 nitrogen and oxygen atoms in total. The number of ether oxygens (including phenoxy) is 2. The zero-order chi connectivity index (χ0) is 18.9. The van der Waals surface area contributed by atoms with E-state index in [1.807, 2.05) is 0 Å². The van der Waals surface area contributed by atoms with Crippen molar-refractivity contribution < 1.29 is 19.1 Å². The Kier molecular flexibility index (Phi) is 7.37. The van der Waals surface area contributed by atoms with E-state index in [1.54, 1.807) is 31.4 Å². The van der Waals surface area contributed by atoms with Crippen molar-refractivity contribution in [3.05, 3.63) is 52.8 Å². The van der Waals surface area contributed by atoms with E-state index < -0.39 is 5.91 Å². The summed E-state index contributed by atoms with van der Waals surface area (Å²) >= 11 is 5.96. The topological polar surface area (TPSA) is 89.5 Å². The Morgan fingerprint density at radius 1 is 1.15 bits per heavy atom. The number of halogens is 1. The second-order valence-electron chi connectivity index (χ2n) is 5.33. The van der Waals surface area contributed by atoms with Crippen LogP contribution in [0.5, 0.6) is 5.75 Å². The number of anilines is 1. The molecule has 0 atom stereocenters. The molecule has 1 aromatic carbocycles. The van der Waals surface area contributed by atoms with Gasteiger partial charge < -0.3 is 20.1 Å². The van der Waals surface area contributed by atoms with Gasteiger partial charge in [-0.05, 0) is 36.8 Å². The minimum absolute atomic E-state index is 0.108. The molecule has 8 heteroatoms. The largest absolute Gasteiger partial charge is 0.495 e. The van der Waals surface area contributed by atoms with Gasteiger partial charge in [0.2, 0.25) is 0 Å². The number of carbonyl (C=O) groups is 2. The standard InChI is InChI=1S/C18H20ClN3O4/c1-25-9-3-7-21-17(23)12-6-8-20-15(10-12)18(24)22-14-11-13(19)4-5-16(14)26-2/h4-6,8,10-11H,3,7,9H2,1-2H3,(H,21,23)(H,22,24). The number of hydrogen-bond acceptors (Lipinski definition) is 5. The van der Waals surface area contributed by atoms with Gasteiger partial charge in [-0.2, -0.15) is 0 Å². The monoisotopic (exact) mass is 377 g/mol. The maximum atomic E-state index is 12.4. The predicted octanol–water partition coefficient (Wildman–Crippen LogP) is 2.76. The van der Waals surface area contributed by atoms with Crippen LogP contribution < -0.4 is 15.4 Å². The minimum Gasteiger partial charge on any atom is -0.495 e. The zero-order valence-corrected chi connectivity index (χ0v) is 15.3. The molecule has 26 heavy (non-hydrogen) atoms. The lowest BCUT2D eigenvalue weighted by Gasteiger charge is -2.11. The van der Waals surface area contributed by atoms with E-state index in [0.29, 0.717) is 41.6 Å². The lowest BCUT2D eigenvalue weighted by atomic mass is 10.2. The van der Waals surface area contributed by atoms with Gasteiger partial charge in [-0.3, -0.25) is 14.6 Å². The summed E-state index contributed by atoms with van der Waals surface area (Å²) in [5.41, 5.74) is 0.874. The number of benzene rings is 1. The van der Waals surface area contributed by atoms with Gasteiger partial charge in [0.25, 0.3) is 11.8 Å². The van der Waals surface area contributed by atoms with Crippen molar-refractivity contribution in [2.45, 2.75) is 6.42 Å². The smallest absolute Gasteiger partial charge is 0.274 e. The Morgan fingerprint density at radius 2 is 1.96 bits per heavy atom. The van der Waals surface area contributed by atoms with E-state index in [-0.39, 0.29) is 11.6 Å². The molecule has 0 spiro atoms. The van der Waals surface area contributed by atoms with Crippen LogP contribution in [0.25, 0.3) is 0 Å². The first-order valence-electron chi connectivity index (χ1n) is 7.93. The zero-order valence-electron chi connectivity index (χ0n) is 14.5. The Morgan fingerprint density at radius 3 is 2.69 bits per heavy atom. The van der Waals surface area contributed by atoms with E-state index in [0.717, 1.165) is 0 Å². The average Bonchev–Trinajstić information content (AvgIpc) is 2.65. The van der Waals surface area contributed by atoms with E-state index in [1.165, 1.54) is 19.4 Å². The van der Waals surface area contributed by atoms with Crippen molar-refractivity contribution in [3.63, 3.8) is 0 Å². The van der Waals surface area contributed by atoms with E-state index in [9.17, 15) is 9.59 Å². The Balaban J connectivity index is 2.08. The molecule has 0 aliphatic heterocycles. The highest BCUT2D eigenvalue weighted by Gasteiger charge is 2.14. The predicted molar refractivity (Wildman–Crippen MR) is 99.0 cm³/mol. The first kappa shape index (κ1) is 19.7. The molecule has 138 valence electrons. The first-order chi connectivity index (χ1) is 12.5. The lowest BCUT2D eigenvalue weighted by molar-refractivity contribution is 0.0948. The van der Waals surface area contributed by atoms with E-state index in [4.69, 9.17) is 21.1 Å². The van der Waals surface area contributed by atoms with Gasteiger partial charge in [0.1, 0.15) is 11.4 Å². The molecule has 0 unspecified atom stereocenters. The molecule has 1 heterocycles. The Hall–Kier alpha value is -2.64. The molecule has 2 rings (SSSR count). The van der Waals surface area contributed by atoms with Crippen LogP contribution >= 0.6 is 11.6 Å². The summed E-state index contributed by atoms with van der Waals surface area (Å²) in [7, 11) is 3.09. The number of amides is 2. The molecule has 0 aliphatic rings. The highest BCUT2D eigenvalue weighted by Crippen LogP contribution is 2.28. The first-order valence-corrected chi connectivity index (χ1v) is 8.31. The molecule has 0 fully saturated rings. The molecule has 0 saturated heterocycles. The van der Waals surface area contributed by atoms with E-state index in [2.05, 4.69) is 15.6 Å². The normalized spacial score (nSPS) is 10.3. The molecule has 0 saturated carbocycles. The number of nitrogens with one attached hydrogen (secondary N) is 2. The molecule has 2 aromatic rings. The molecular formula is C18H20ClN3O4. The number of hydrogen-bond donors (Lipinski definition) is 2. The van der Waals surface area contributed by atoms with Gasteiger partial charge >= 0.3 is 0 Å². The second-order valence-corrected chi connectivity index (χ2v) is 5.77. The van der Waals surface area contributed by atoms with Crippen molar-refractivity contribution >= 4 is 29.1 Å². The summed E-state index contributed by atoms with van der Waals surface area (Å²) in [6.07, 6.45) is 2.11. The van der Waals surface area contributed by atoms with Gasteiger partial charge in [-0.1, -0.05) is 11.6 Å². The van der Waals surface area contributed by atoms with Crippen molar-refractivity contribution in [2.75, 3.05) is 32.7 Å². The van der Waals surface area contributed by atoms with Crippen LogP contribution in [0, 0.1) is 0 Å². The third-order valence-electron chi connectivity index (χ3n) is 3.48. The summed E-state index contributed by atoms with van der Waals surface area (Å²) in [5.74, 6) is -0.285. The molecular weight excluding hydrogens is 358 g/mol. The second kappa shape index (κ2) is 9.74. The van der Waals surface area contributed by atoms with Crippen molar-refractivity contribution in [2.24, 2.45) is 0 Å². The van der Waals surface area contributed by atoms with Gasteiger partial charge in [-0.15, -0.1) is 0 Å². The number of methoxy groups -OCH3 is 2. The SMILES string of the molecule is COCCCNC(=O)c1ccnc(C(=O)Nc2cc(Cl)ccc2OC)c1. The maximum absolute atomic E-state index is 12.4. The fourth-order valence-electron chi connectivity index (χ4n) is 2.18. The third kappa shape index (κ3) is 5.44. The summed E-state index contributed by atoms with van der Waals surface area (Å²) < 4.78 is 10.1. The van der Waals surface area contributed by atoms with Crippen molar-refractivity contribution in [3.8, 4) is 5.75 Å². The van der Waals surface area contributed by atoms with Crippen LogP contribution in [0.1, 0.15) is 27.3 Å². The van der Waals surface area contributed by atoms with Crippen LogP contribution in [0.3, 0.4) is 0 Å². The molecule has 2 N–H and O–H groups in total. The van der Waals surface area contributed by atoms with Crippen LogP contribution in [0.15, 0.2) is 36.5 Å². The maximum Gasteiger partial charge on any atom is 0.274 e. The fraction of sp³-hybridized carbons (Fsp3) is 0.278. The van der Waals surface area contributed by atoms with Crippen molar-refractivity contribution in [1.82, 2.24) is 10.3 Å². The molecule has 2 amide bonds. The minimum atomic E-state index is -0.473. The Labute approximate surface area is 156 Å². The van der Waals surface area contributed by atoms with Gasteiger partial charge in [0, 0.05) is 37.0 Å². The van der Waals surface area contributed by atoms with Crippen LogP contribution in [0.2, 0.25) is 5.02 Å². The van der Waals surface area contributed by atoms with Gasteiger partial charge in [0.15, 0.2) is 0 Å². The van der Waals surface area contributed by atoms with E-state index >= 15 is 0 Å². The fourth-order valence-corrected chi connectivity index (χ4v) is 2.35. The molecule has 1 aromatic heterocycles. The van der Waals surface area contributed by atoms with Crippen LogP contribution in [-0.2, 0) is 4.74 Å². The lowest BCUT2D eigenvalue weighted by Crippen LogP contribution is -2.26. The molecule has 0 radical (unpaired) electrons. The summed E-state index contributed by atoms with van der Waals surface area (Å²) in [6, 6.07) is 7.85. The number of nitrogens with zero attached hydrogens (tertiary/aromatic N) is 1. The number of rotatable bonds is 8. The molecule has 0 aliphatic carbocycles. The Bertz CT molecular complexity index is 783. The summed E-state index contributed by atoms with van der Waals surface area (Å²) in [6.45, 7) is 1.04. The van der Waals surface area contributed by atoms with Gasteiger partial charge in [-0.25, -0.2) is 0 Å². The highest BCUT2D eigenvalue weighted by atomic mass is 35.5. The molecule has 0 bridgehead atoms. The van der Waals surface area contributed by atoms with Gasteiger partial charge in [0.05, 0.1) is 12.8 Å². The van der Waals surface area contributed by atoms with Crippen molar-refractivity contribution in [1.29, 1.82) is 0 Å². The summed E-state index contributed by atoms with van der Waals surface area (Å²) in [5, 5.41) is 5.90. The average molecular weight is 378 g/mol. The number of carbonyl (C=O) groups excluding carboxylic acids is 2. The van der Waals surface area contributed by atoms with Crippen LogP contribution in [-0.4, -0.2) is 44.2 Å². The third-order valence-corrected chi connectivity index (χ3v) is 3.71. The number of aromatic nitrogens is 1. The highest BCUT2D eigenvalue weighted by molar-refractivity contribution is 6.31. The number of pyridine rings is 1. The quantitative estimate of drug-likeness (QED) is 0.690. The summed E-state index contributed by atoms with van der Waals surface area (Å²) in [4.78, 5) is 28.6.